The Hall–Kier alpha value is -3.60. The van der Waals surface area contributed by atoms with E-state index in [-0.39, 0.29) is 18.2 Å². The summed E-state index contributed by atoms with van der Waals surface area (Å²) in [5.74, 6) is 0.220. The van der Waals surface area contributed by atoms with Gasteiger partial charge in [0.1, 0.15) is 18.8 Å². The lowest BCUT2D eigenvalue weighted by molar-refractivity contribution is -0.121. The van der Waals surface area contributed by atoms with Crippen LogP contribution in [0.25, 0.3) is 0 Å². The highest BCUT2D eigenvalue weighted by molar-refractivity contribution is 6.20. The number of hydrogen-bond donors (Lipinski definition) is 0. The zero-order chi connectivity index (χ0) is 19.5. The molecule has 0 unspecified atom stereocenters. The highest BCUT2D eigenvalue weighted by Gasteiger charge is 2.38. The lowest BCUT2D eigenvalue weighted by Gasteiger charge is -2.28. The van der Waals surface area contributed by atoms with Gasteiger partial charge in [-0.15, -0.1) is 0 Å². The number of hydrogen-bond acceptors (Lipinski definition) is 3. The number of amides is 2. The molecule has 0 spiro atoms. The van der Waals surface area contributed by atoms with Crippen molar-refractivity contribution in [2.24, 2.45) is 0 Å². The number of ether oxygens (including phenoxy) is 1. The van der Waals surface area contributed by atoms with Gasteiger partial charge >= 0.3 is 0 Å². The number of aryl methyl sites for hydroxylation is 1. The predicted octanol–water partition coefficient (Wildman–Crippen LogP) is 4.26. The summed E-state index contributed by atoms with van der Waals surface area (Å²) in [5.41, 5.74) is 3.41. The summed E-state index contributed by atoms with van der Waals surface area (Å²) in [5, 5.41) is 2.87. The van der Waals surface area contributed by atoms with Crippen LogP contribution in [0.1, 0.15) is 17.5 Å². The first-order valence-corrected chi connectivity index (χ1v) is 9.11. The predicted molar refractivity (Wildman–Crippen MR) is 108 cm³/mol. The van der Waals surface area contributed by atoms with Crippen molar-refractivity contribution in [1.82, 2.24) is 0 Å². The number of anilines is 2. The second-order valence-corrected chi connectivity index (χ2v) is 6.70. The minimum atomic E-state index is -0.246. The van der Waals surface area contributed by atoms with Crippen LogP contribution in [0.4, 0.5) is 11.4 Å². The van der Waals surface area contributed by atoms with Crippen LogP contribution in [0.15, 0.2) is 78.9 Å². The smallest absolute Gasteiger partial charge is 0.255 e. The molecular weight excluding hydrogens is 352 g/mol. The van der Waals surface area contributed by atoms with E-state index in [1.54, 1.807) is 12.1 Å². The molecule has 4 rings (SSSR count). The average molecular weight is 372 g/mol. The molecule has 1 aliphatic heterocycles. The Labute approximate surface area is 163 Å². The van der Waals surface area contributed by atoms with Crippen molar-refractivity contribution < 1.29 is 14.3 Å². The molecule has 0 aromatic heterocycles. The van der Waals surface area contributed by atoms with E-state index in [2.05, 4.69) is 0 Å². The highest BCUT2D eigenvalue weighted by atomic mass is 16.5. The third-order valence-electron chi connectivity index (χ3n) is 4.55. The van der Waals surface area contributed by atoms with Crippen molar-refractivity contribution in [3.05, 3.63) is 90.0 Å². The Kier molecular flexibility index (Phi) is 4.81. The van der Waals surface area contributed by atoms with Gasteiger partial charge in [0, 0.05) is 0 Å². The van der Waals surface area contributed by atoms with Gasteiger partial charge in [-0.05, 0) is 54.4 Å². The molecule has 1 fully saturated rings. The molecule has 0 N–H and O–H groups in total. The molecule has 28 heavy (non-hydrogen) atoms. The van der Waals surface area contributed by atoms with Gasteiger partial charge < -0.3 is 4.74 Å². The normalized spacial score (nSPS) is 13.9. The van der Waals surface area contributed by atoms with Gasteiger partial charge in [-0.3, -0.25) is 9.59 Å². The van der Waals surface area contributed by atoms with Crippen LogP contribution in [-0.4, -0.2) is 11.8 Å². The van der Waals surface area contributed by atoms with Gasteiger partial charge in [0.05, 0.1) is 11.4 Å². The summed E-state index contributed by atoms with van der Waals surface area (Å²) in [4.78, 5) is 24.9. The number of rotatable bonds is 5. The summed E-state index contributed by atoms with van der Waals surface area (Å²) in [6, 6.07) is 24.7. The van der Waals surface area contributed by atoms with Crippen LogP contribution in [0.5, 0.6) is 5.75 Å². The van der Waals surface area contributed by atoms with Crippen LogP contribution in [-0.2, 0) is 16.2 Å². The number of carbonyl (C=O) groups excluding carboxylic acids is 2. The molecule has 1 heterocycles. The van der Waals surface area contributed by atoms with Crippen LogP contribution < -0.4 is 14.8 Å². The first kappa shape index (κ1) is 17.8. The lowest BCUT2D eigenvalue weighted by Crippen LogP contribution is -2.41. The average Bonchev–Trinajstić information content (AvgIpc) is 3.01. The largest absolute Gasteiger partial charge is 0.489 e. The molecule has 2 amide bonds. The van der Waals surface area contributed by atoms with Crippen LogP contribution in [0.3, 0.4) is 0 Å². The fourth-order valence-corrected chi connectivity index (χ4v) is 3.21. The van der Waals surface area contributed by atoms with Gasteiger partial charge in [0.25, 0.3) is 11.8 Å². The first-order valence-electron chi connectivity index (χ1n) is 9.11. The van der Waals surface area contributed by atoms with Crippen molar-refractivity contribution >= 4 is 23.2 Å². The van der Waals surface area contributed by atoms with E-state index < -0.39 is 0 Å². The van der Waals surface area contributed by atoms with E-state index in [9.17, 15) is 9.59 Å². The standard InChI is InChI=1S/C23H20N2O3/c1-17-6-5-9-20(14-17)25-23(27)15-22(26)24(25)19-10-12-21(13-11-19)28-16-18-7-3-2-4-8-18/h2-14H,15-16H2,1H3. The van der Waals surface area contributed by atoms with Gasteiger partial charge in [0.15, 0.2) is 0 Å². The number of hydrazine groups is 1. The zero-order valence-electron chi connectivity index (χ0n) is 15.5. The van der Waals surface area contributed by atoms with E-state index in [1.165, 1.54) is 10.0 Å². The quantitative estimate of drug-likeness (QED) is 0.629. The van der Waals surface area contributed by atoms with E-state index in [1.807, 2.05) is 73.7 Å². The molecule has 0 aliphatic carbocycles. The molecule has 0 bridgehead atoms. The monoisotopic (exact) mass is 372 g/mol. The number of nitrogens with zero attached hydrogens (tertiary/aromatic N) is 2. The zero-order valence-corrected chi connectivity index (χ0v) is 15.5. The molecule has 3 aromatic carbocycles. The summed E-state index contributed by atoms with van der Waals surface area (Å²) in [6.07, 6.45) is -0.139. The van der Waals surface area contributed by atoms with Crippen molar-refractivity contribution in [3.8, 4) is 5.75 Å². The van der Waals surface area contributed by atoms with Gasteiger partial charge in [-0.1, -0.05) is 42.5 Å². The Morgan fingerprint density at radius 2 is 1.46 bits per heavy atom. The van der Waals surface area contributed by atoms with Gasteiger partial charge in [-0.2, -0.15) is 0 Å². The Morgan fingerprint density at radius 3 is 2.14 bits per heavy atom. The van der Waals surface area contributed by atoms with Gasteiger partial charge in [0.2, 0.25) is 0 Å². The summed E-state index contributed by atoms with van der Waals surface area (Å²) in [6.45, 7) is 2.42. The maximum absolute atomic E-state index is 12.5. The molecular formula is C23H20N2O3. The minimum Gasteiger partial charge on any atom is -0.489 e. The second kappa shape index (κ2) is 7.56. The molecule has 0 atom stereocenters. The van der Waals surface area contributed by atoms with E-state index >= 15 is 0 Å². The summed E-state index contributed by atoms with van der Waals surface area (Å²) >= 11 is 0. The Bertz CT molecular complexity index is 1000. The molecule has 0 radical (unpaired) electrons. The van der Waals surface area contributed by atoms with Crippen molar-refractivity contribution in [2.75, 3.05) is 10.0 Å². The third kappa shape index (κ3) is 3.60. The fourth-order valence-electron chi connectivity index (χ4n) is 3.21. The number of carbonyl (C=O) groups is 2. The van der Waals surface area contributed by atoms with Crippen molar-refractivity contribution in [2.45, 2.75) is 20.0 Å². The minimum absolute atomic E-state index is 0.139. The lowest BCUT2D eigenvalue weighted by atomic mass is 10.2. The van der Waals surface area contributed by atoms with Crippen LogP contribution in [0.2, 0.25) is 0 Å². The van der Waals surface area contributed by atoms with E-state index in [4.69, 9.17) is 4.74 Å². The van der Waals surface area contributed by atoms with Crippen LogP contribution in [0, 0.1) is 6.92 Å². The number of benzene rings is 3. The van der Waals surface area contributed by atoms with Crippen molar-refractivity contribution in [3.63, 3.8) is 0 Å². The first-order chi connectivity index (χ1) is 13.6. The van der Waals surface area contributed by atoms with E-state index in [0.29, 0.717) is 23.7 Å². The Morgan fingerprint density at radius 1 is 0.786 bits per heavy atom. The highest BCUT2D eigenvalue weighted by Crippen LogP contribution is 2.30. The van der Waals surface area contributed by atoms with E-state index in [0.717, 1.165) is 11.1 Å². The van der Waals surface area contributed by atoms with Crippen molar-refractivity contribution in [1.29, 1.82) is 0 Å². The molecule has 5 heteroatoms. The Balaban J connectivity index is 1.55. The summed E-state index contributed by atoms with van der Waals surface area (Å²) in [7, 11) is 0. The second-order valence-electron chi connectivity index (χ2n) is 6.70. The third-order valence-corrected chi connectivity index (χ3v) is 4.55. The fraction of sp³-hybridized carbons (Fsp3) is 0.130. The summed E-state index contributed by atoms with van der Waals surface area (Å²) < 4.78 is 5.80. The molecule has 140 valence electrons. The molecule has 5 nitrogen and oxygen atoms in total. The topological polar surface area (TPSA) is 49.9 Å². The maximum Gasteiger partial charge on any atom is 0.255 e. The molecule has 0 saturated carbocycles. The SMILES string of the molecule is Cc1cccc(N2C(=O)CC(=O)N2c2ccc(OCc3ccccc3)cc2)c1. The molecule has 1 saturated heterocycles. The van der Waals surface area contributed by atoms with Crippen LogP contribution >= 0.6 is 0 Å². The van der Waals surface area contributed by atoms with Gasteiger partial charge in [-0.25, -0.2) is 10.0 Å². The molecule has 3 aromatic rings. The molecule has 1 aliphatic rings. The maximum atomic E-state index is 12.5.